The largest absolute Gasteiger partial charge is 0.506 e. The van der Waals surface area contributed by atoms with Crippen LogP contribution in [0.3, 0.4) is 0 Å². The smallest absolute Gasteiger partial charge is 0.358 e. The Labute approximate surface area is 650 Å². The Kier molecular flexibility index (Phi) is 21.3. The number of fused-ring (bicyclic) bond motifs is 18. The number of ether oxygens (including phenoxy) is 6. The average molecular weight is 1650 g/mol. The van der Waals surface area contributed by atoms with Crippen molar-refractivity contribution in [2.45, 2.75) is 132 Å². The van der Waals surface area contributed by atoms with Crippen LogP contribution >= 0.6 is 56.7 Å². The van der Waals surface area contributed by atoms with Gasteiger partial charge in [0.05, 0.1) is 45.2 Å². The number of pyridine rings is 1. The van der Waals surface area contributed by atoms with Crippen LogP contribution in [0.15, 0.2) is 56.9 Å². The van der Waals surface area contributed by atoms with E-state index in [-0.39, 0.29) is 123 Å². The number of primary amides is 1. The molecule has 588 valence electrons. The number of aliphatic hydroxyl groups is 2. The predicted molar refractivity (Wildman–Crippen MR) is 392 cm³/mol. The number of esters is 2. The number of hydrogen-bond acceptors (Lipinski definition) is 33. The van der Waals surface area contributed by atoms with Gasteiger partial charge in [0.1, 0.15) is 162 Å². The summed E-state index contributed by atoms with van der Waals surface area (Å²) in [5, 5.41) is 88.6. The van der Waals surface area contributed by atoms with Crippen LogP contribution in [0.25, 0.3) is 49.3 Å². The highest BCUT2D eigenvalue weighted by molar-refractivity contribution is 7.92. The molecule has 7 aliphatic heterocycles. The number of nitrogens with one attached hydrogen (secondary N) is 5. The number of sulfone groups is 1. The third kappa shape index (κ3) is 15.4. The highest BCUT2D eigenvalue weighted by Gasteiger charge is 2.56. The third-order valence-electron chi connectivity index (χ3n) is 20.3. The van der Waals surface area contributed by atoms with Crippen molar-refractivity contribution in [2.75, 3.05) is 53.2 Å². The van der Waals surface area contributed by atoms with Gasteiger partial charge in [-0.05, 0) is 51.3 Å². The molecule has 0 saturated carbocycles. The summed E-state index contributed by atoms with van der Waals surface area (Å²) < 4.78 is 64.7. The maximum atomic E-state index is 15.3. The first kappa shape index (κ1) is 78.2. The van der Waals surface area contributed by atoms with E-state index in [1.54, 1.807) is 13.0 Å². The van der Waals surface area contributed by atoms with Crippen LogP contribution in [0.4, 0.5) is 0 Å². The van der Waals surface area contributed by atoms with Gasteiger partial charge in [-0.25, -0.2) is 58.3 Å². The van der Waals surface area contributed by atoms with Gasteiger partial charge < -0.3 is 81.3 Å². The second kappa shape index (κ2) is 30.2. The molecule has 12 atom stereocenters. The van der Waals surface area contributed by atoms with Crippen molar-refractivity contribution in [3.63, 3.8) is 0 Å². The van der Waals surface area contributed by atoms with E-state index in [4.69, 9.17) is 49.1 Å². The summed E-state index contributed by atoms with van der Waals surface area (Å²) in [4.78, 5) is 145. The van der Waals surface area contributed by atoms with Crippen molar-refractivity contribution in [1.29, 1.82) is 0 Å². The lowest BCUT2D eigenvalue weighted by Gasteiger charge is -2.48. The molecule has 43 heteroatoms. The number of carbonyl (C=O) groups excluding carboxylic acids is 8. The van der Waals surface area contributed by atoms with Gasteiger partial charge in [-0.2, -0.15) is 14.0 Å². The number of quaternary nitrogens is 2. The molecular weight excluding hydrogens is 1570 g/mol. The molecule has 1 aromatic carbocycles. The quantitative estimate of drug-likeness (QED) is 0.0275. The monoisotopic (exact) mass is 1650 g/mol. The second-order valence-electron chi connectivity index (χ2n) is 28.4. The maximum absolute atomic E-state index is 15.3. The molecule has 14 heterocycles. The minimum atomic E-state index is -4.14. The zero-order valence-corrected chi connectivity index (χ0v) is 64.9. The fraction of sp³-hybridized carbons (Fsp3) is 0.441. The lowest BCUT2D eigenvalue weighted by atomic mass is 9.85. The first-order valence-electron chi connectivity index (χ1n) is 34.6. The number of aromatic hydroxyl groups is 1. The van der Waals surface area contributed by atoms with E-state index in [9.17, 15) is 58.5 Å². The first-order chi connectivity index (χ1) is 52.6. The maximum Gasteiger partial charge on any atom is 0.358 e. The standard InChI is InChI=1S/C68H73N15O22S6/c1-27(84)46-60(91)79-47(28(2)100-7)63-74-39(25-108-63)59(90)80-50-52-53(105-44-16-68(4,94)54(29(3)104-44)82(5,6)96)67(93)102-18-31-9-8-10-41-45(31)33(19-101-52)51(81(41)95)66(92)103-20-34(70-56(87)36-24-110-65(50)76-36)62-72-35(21-107-62)48-32(61-73-38(22-106-61)58(89)78-46)15-42(85)49(77-48)64-75-37(23-109-64)57(88)71-40(55(69)86)26-111(98,99)43-17-83(97)13-11-30(43)12-14-83/h8-10,15,21-25,27,29-30,34,40,43-44,46,50,52-54,84,94-97H,11-14,16-20,26H2,1-7H3,(H6-2,69,70,71,75,78,79,80,85,86,87,88,89,90,91)/p+2. The molecule has 15 rings (SSSR count). The number of allylic oxidation sites excluding steroid dienone is 1. The van der Waals surface area contributed by atoms with Crippen LogP contribution in [0, 0.1) is 5.92 Å². The van der Waals surface area contributed by atoms with E-state index in [0.29, 0.717) is 30.7 Å². The number of hydroxylamine groups is 6. The molecule has 37 nitrogen and oxygen atoms in total. The normalized spacial score (nSPS) is 27.1. The molecule has 6 amide bonds. The van der Waals surface area contributed by atoms with Crippen LogP contribution in [-0.2, 0) is 65.9 Å². The minimum absolute atomic E-state index is 0.000613. The van der Waals surface area contributed by atoms with E-state index in [1.165, 1.54) is 87.1 Å². The number of nitrogens with zero attached hydrogens (tertiary/aromatic N) is 9. The third-order valence-corrected chi connectivity index (χ3v) is 27.0. The summed E-state index contributed by atoms with van der Waals surface area (Å²) in [7, 11) is 0.0228. The number of thiazole rings is 5. The molecule has 4 saturated heterocycles. The number of likely N-dealkylation sites (N-methyl/N-ethyl adjacent to an activating group) is 1. The number of nitrogens with two attached hydrogens (primary N) is 1. The number of cyclic esters (lactones) is 2. The zero-order valence-electron chi connectivity index (χ0n) is 60.0. The second-order valence-corrected chi connectivity index (χ2v) is 35.0. The highest BCUT2D eigenvalue weighted by atomic mass is 32.2. The molecule has 7 aromatic heterocycles. The highest BCUT2D eigenvalue weighted by Crippen LogP contribution is 2.44. The molecule has 7 aliphatic rings. The molecular formula is C68H75N15O22S6+2. The molecule has 13 N–H and O–H groups in total. The lowest BCUT2D eigenvalue weighted by Crippen LogP contribution is -2.67. The van der Waals surface area contributed by atoms with Crippen LogP contribution in [0.1, 0.15) is 138 Å². The fourth-order valence-corrected chi connectivity index (χ4v) is 21.5. The molecule has 14 bridgehead atoms. The number of benzene rings is 1. The van der Waals surface area contributed by atoms with Gasteiger partial charge in [0.25, 0.3) is 23.6 Å². The lowest BCUT2D eigenvalue weighted by molar-refractivity contribution is -1.11. The number of amides is 6. The van der Waals surface area contributed by atoms with E-state index in [1.807, 2.05) is 0 Å². The summed E-state index contributed by atoms with van der Waals surface area (Å²) in [6, 6.07) is -1.82. The van der Waals surface area contributed by atoms with E-state index in [0.717, 1.165) is 56.7 Å². The van der Waals surface area contributed by atoms with Gasteiger partial charge in [-0.1, -0.05) is 12.1 Å². The number of aliphatic hydroxyl groups excluding tert-OH is 1. The number of piperidine rings is 3. The molecule has 0 spiro atoms. The van der Waals surface area contributed by atoms with Crippen molar-refractivity contribution in [2.24, 2.45) is 11.7 Å². The Balaban J connectivity index is 0.893. The van der Waals surface area contributed by atoms with Crippen LogP contribution in [0.2, 0.25) is 0 Å². The molecule has 111 heavy (non-hydrogen) atoms. The summed E-state index contributed by atoms with van der Waals surface area (Å²) in [6.07, 6.45) is -7.42. The average Bonchev–Trinajstić information content (AvgIpc) is 1.61. The number of hydrogen-bond donors (Lipinski definition) is 12. The fourth-order valence-electron chi connectivity index (χ4n) is 15.0. The molecule has 8 aromatic rings. The van der Waals surface area contributed by atoms with Gasteiger partial charge in [-0.3, -0.25) is 28.8 Å². The van der Waals surface area contributed by atoms with Crippen LogP contribution in [0.5, 0.6) is 5.75 Å². The van der Waals surface area contributed by atoms with Gasteiger partial charge in [0.2, 0.25) is 11.8 Å². The molecule has 12 unspecified atom stereocenters. The van der Waals surface area contributed by atoms with Crippen LogP contribution in [-0.4, -0.2) is 244 Å². The van der Waals surface area contributed by atoms with Crippen molar-refractivity contribution in [3.8, 4) is 38.4 Å². The van der Waals surface area contributed by atoms with E-state index >= 15 is 19.2 Å². The first-order valence-corrected chi connectivity index (χ1v) is 40.7. The summed E-state index contributed by atoms with van der Waals surface area (Å²) >= 11 is 4.22. The Morgan fingerprint density at radius 1 is 0.865 bits per heavy atom. The predicted octanol–water partition coefficient (Wildman–Crippen LogP) is 3.06. The van der Waals surface area contributed by atoms with Gasteiger partial charge in [0.15, 0.2) is 34.0 Å². The Hall–Kier alpha value is -9.45. The molecule has 0 aliphatic carbocycles. The minimum Gasteiger partial charge on any atom is -0.506 e. The Morgan fingerprint density at radius 3 is 2.22 bits per heavy atom. The SMILES string of the molecule is COC(C)=C1NC(=O)C(C(C)O)NC(=O)c2csc(n2)-c2cc(O)c(-c3nc(C(=O)NC(CS(=O)(=O)C4C[N+]5(O)CCC4CC5)C(N)=O)cs3)nc2-c2csc(n2)C2COC(=O)c3c4c5c(cccc5n3O)COC(=O)C(OC3CC(C)(O)C([N+](C)(C)O)C(C)O3)C(OC4)C(NC(=O)c3csc1n3)c1nc(cs1)C(=O)N2. The van der Waals surface area contributed by atoms with Crippen molar-refractivity contribution >= 4 is 131 Å². The van der Waals surface area contributed by atoms with E-state index in [2.05, 4.69) is 41.5 Å². The van der Waals surface area contributed by atoms with Crippen molar-refractivity contribution < 1.29 is 115 Å². The molecule has 0 radical (unpaired) electrons. The van der Waals surface area contributed by atoms with Gasteiger partial charge >= 0.3 is 11.9 Å². The van der Waals surface area contributed by atoms with Gasteiger partial charge in [0, 0.05) is 62.7 Å². The van der Waals surface area contributed by atoms with Crippen LogP contribution < -0.4 is 32.3 Å². The summed E-state index contributed by atoms with van der Waals surface area (Å²) in [6.45, 7) is 4.43. The zero-order chi connectivity index (χ0) is 79.2. The Morgan fingerprint density at radius 2 is 1.52 bits per heavy atom. The summed E-state index contributed by atoms with van der Waals surface area (Å²) in [5.41, 5.74) is 1.82. The Bertz CT molecular complexity index is 5230. The number of aromatic nitrogens is 7. The topological polar surface area (TPSA) is 516 Å². The molecule has 4 fully saturated rings. The van der Waals surface area contributed by atoms with E-state index < -0.39 is 175 Å². The van der Waals surface area contributed by atoms with Crippen molar-refractivity contribution in [3.05, 3.63) is 112 Å². The number of rotatable bonds is 12. The number of methoxy groups -OCH3 is 1. The van der Waals surface area contributed by atoms with Crippen molar-refractivity contribution in [1.82, 2.24) is 61.2 Å². The van der Waals surface area contributed by atoms with Gasteiger partial charge in [-0.15, -0.1) is 56.7 Å². The summed E-state index contributed by atoms with van der Waals surface area (Å²) in [5.74, 6) is -10.1. The number of carbonyl (C=O) groups is 8.